The van der Waals surface area contributed by atoms with Crippen LogP contribution in [0.5, 0.6) is 5.75 Å². The monoisotopic (exact) mass is 283 g/mol. The lowest BCUT2D eigenvalue weighted by molar-refractivity contribution is -0.121. The predicted octanol–water partition coefficient (Wildman–Crippen LogP) is 3.51. The molecule has 0 aliphatic carbocycles. The molecule has 0 saturated heterocycles. The highest BCUT2D eigenvalue weighted by Gasteiger charge is 2.10. The van der Waals surface area contributed by atoms with Crippen molar-refractivity contribution >= 4 is 5.91 Å². The fourth-order valence-electron chi connectivity index (χ4n) is 2.18. The summed E-state index contributed by atoms with van der Waals surface area (Å²) in [5, 5.41) is 3.02. The van der Waals surface area contributed by atoms with Gasteiger partial charge in [-0.05, 0) is 37.1 Å². The molecule has 0 unspecified atom stereocenters. The van der Waals surface area contributed by atoms with E-state index in [2.05, 4.69) is 5.32 Å². The van der Waals surface area contributed by atoms with E-state index in [9.17, 15) is 4.79 Å². The Hall–Kier alpha value is -2.29. The zero-order chi connectivity index (χ0) is 15.1. The summed E-state index contributed by atoms with van der Waals surface area (Å²) in [5.74, 6) is 0.881. The van der Waals surface area contributed by atoms with E-state index < -0.39 is 0 Å². The molecule has 2 rings (SSSR count). The summed E-state index contributed by atoms with van der Waals surface area (Å²) in [4.78, 5) is 12.0. The molecule has 2 aromatic carbocycles. The Kier molecular flexibility index (Phi) is 5.38. The lowest BCUT2D eigenvalue weighted by Gasteiger charge is -2.15. The lowest BCUT2D eigenvalue weighted by Crippen LogP contribution is -2.28. The summed E-state index contributed by atoms with van der Waals surface area (Å²) in [6, 6.07) is 17.6. The molecule has 21 heavy (non-hydrogen) atoms. The van der Waals surface area contributed by atoms with Crippen molar-refractivity contribution in [2.45, 2.75) is 26.3 Å². The molecule has 1 atom stereocenters. The maximum absolute atomic E-state index is 12.0. The number of benzene rings is 2. The molecule has 0 heterocycles. The molecule has 0 aromatic heterocycles. The van der Waals surface area contributed by atoms with Gasteiger partial charge in [0.25, 0.3) is 0 Å². The molecule has 0 fully saturated rings. The second-order valence-corrected chi connectivity index (χ2v) is 4.95. The van der Waals surface area contributed by atoms with Gasteiger partial charge in [0.15, 0.2) is 0 Å². The molecule has 3 nitrogen and oxygen atoms in total. The number of carbonyl (C=O) groups is 1. The molecule has 0 spiro atoms. The first-order valence-electron chi connectivity index (χ1n) is 7.25. The first-order valence-corrected chi connectivity index (χ1v) is 7.25. The predicted molar refractivity (Wildman–Crippen MR) is 84.3 cm³/mol. The third-order valence-electron chi connectivity index (χ3n) is 3.28. The van der Waals surface area contributed by atoms with E-state index in [4.69, 9.17) is 4.74 Å². The lowest BCUT2D eigenvalue weighted by atomic mass is 10.1. The van der Waals surface area contributed by atoms with Gasteiger partial charge in [0.2, 0.25) is 5.91 Å². The van der Waals surface area contributed by atoms with Crippen molar-refractivity contribution in [2.75, 3.05) is 6.61 Å². The topological polar surface area (TPSA) is 38.3 Å². The number of nitrogens with one attached hydrogen (secondary N) is 1. The van der Waals surface area contributed by atoms with Gasteiger partial charge in [-0.25, -0.2) is 0 Å². The van der Waals surface area contributed by atoms with Gasteiger partial charge < -0.3 is 10.1 Å². The summed E-state index contributed by atoms with van der Waals surface area (Å²) >= 11 is 0. The minimum Gasteiger partial charge on any atom is -0.494 e. The Morgan fingerprint density at radius 3 is 2.38 bits per heavy atom. The van der Waals surface area contributed by atoms with Crippen molar-refractivity contribution in [1.82, 2.24) is 5.32 Å². The number of hydrogen-bond acceptors (Lipinski definition) is 2. The minimum absolute atomic E-state index is 0.0168. The van der Waals surface area contributed by atoms with E-state index in [0.29, 0.717) is 13.0 Å². The molecule has 3 heteroatoms. The Morgan fingerprint density at radius 2 is 1.76 bits per heavy atom. The fourth-order valence-corrected chi connectivity index (χ4v) is 2.18. The molecule has 0 bridgehead atoms. The summed E-state index contributed by atoms with van der Waals surface area (Å²) < 4.78 is 5.41. The standard InChI is InChI=1S/C18H21NO2/c1-3-21-17-11-9-16(10-12-17)14(2)19-18(20)13-15-7-5-4-6-8-15/h4-12,14H,3,13H2,1-2H3,(H,19,20)/t14-/m1/s1. The van der Waals surface area contributed by atoms with E-state index in [-0.39, 0.29) is 11.9 Å². The van der Waals surface area contributed by atoms with Crippen molar-refractivity contribution in [3.8, 4) is 5.75 Å². The van der Waals surface area contributed by atoms with Crippen LogP contribution in [0.25, 0.3) is 0 Å². The molecular formula is C18H21NO2. The summed E-state index contributed by atoms with van der Waals surface area (Å²) in [6.45, 7) is 4.60. The van der Waals surface area contributed by atoms with Crippen LogP contribution in [0.15, 0.2) is 54.6 Å². The first-order chi connectivity index (χ1) is 10.2. The summed E-state index contributed by atoms with van der Waals surface area (Å²) in [5.41, 5.74) is 2.09. The molecule has 0 radical (unpaired) electrons. The van der Waals surface area contributed by atoms with Crippen molar-refractivity contribution in [3.63, 3.8) is 0 Å². The Bertz CT molecular complexity index is 564. The highest BCUT2D eigenvalue weighted by atomic mass is 16.5. The molecule has 2 aromatic rings. The van der Waals surface area contributed by atoms with Crippen LogP contribution < -0.4 is 10.1 Å². The van der Waals surface area contributed by atoms with Gasteiger partial charge in [0.05, 0.1) is 19.1 Å². The van der Waals surface area contributed by atoms with Crippen LogP contribution in [0.2, 0.25) is 0 Å². The van der Waals surface area contributed by atoms with Crippen molar-refractivity contribution in [1.29, 1.82) is 0 Å². The van der Waals surface area contributed by atoms with Crippen LogP contribution in [0, 0.1) is 0 Å². The van der Waals surface area contributed by atoms with Crippen LogP contribution in [-0.2, 0) is 11.2 Å². The molecule has 0 saturated carbocycles. The molecular weight excluding hydrogens is 262 g/mol. The van der Waals surface area contributed by atoms with Gasteiger partial charge in [0, 0.05) is 0 Å². The van der Waals surface area contributed by atoms with Crippen LogP contribution in [0.3, 0.4) is 0 Å². The first kappa shape index (κ1) is 15.1. The average Bonchev–Trinajstić information content (AvgIpc) is 2.49. The highest BCUT2D eigenvalue weighted by molar-refractivity contribution is 5.79. The molecule has 1 N–H and O–H groups in total. The van der Waals surface area contributed by atoms with Gasteiger partial charge >= 0.3 is 0 Å². The molecule has 1 amide bonds. The normalized spacial score (nSPS) is 11.7. The third kappa shape index (κ3) is 4.63. The quantitative estimate of drug-likeness (QED) is 0.881. The van der Waals surface area contributed by atoms with Crippen LogP contribution in [0.4, 0.5) is 0 Å². The Balaban J connectivity index is 1.91. The van der Waals surface area contributed by atoms with Gasteiger partial charge in [-0.15, -0.1) is 0 Å². The van der Waals surface area contributed by atoms with Crippen molar-refractivity contribution < 1.29 is 9.53 Å². The van der Waals surface area contributed by atoms with Crippen LogP contribution in [0.1, 0.15) is 31.0 Å². The number of hydrogen-bond donors (Lipinski definition) is 1. The maximum atomic E-state index is 12.0. The highest BCUT2D eigenvalue weighted by Crippen LogP contribution is 2.17. The molecule has 110 valence electrons. The number of ether oxygens (including phenoxy) is 1. The number of rotatable bonds is 6. The van der Waals surface area contributed by atoms with Gasteiger partial charge in [-0.1, -0.05) is 42.5 Å². The maximum Gasteiger partial charge on any atom is 0.224 e. The Morgan fingerprint density at radius 1 is 1.10 bits per heavy atom. The minimum atomic E-state index is -0.0168. The van der Waals surface area contributed by atoms with E-state index in [1.165, 1.54) is 0 Å². The Labute approximate surface area is 126 Å². The third-order valence-corrected chi connectivity index (χ3v) is 3.28. The van der Waals surface area contributed by atoms with Crippen LogP contribution >= 0.6 is 0 Å². The zero-order valence-electron chi connectivity index (χ0n) is 12.5. The fraction of sp³-hybridized carbons (Fsp3) is 0.278. The van der Waals surface area contributed by atoms with Gasteiger partial charge in [-0.3, -0.25) is 4.79 Å². The number of carbonyl (C=O) groups excluding carboxylic acids is 1. The van der Waals surface area contributed by atoms with Gasteiger partial charge in [0.1, 0.15) is 5.75 Å². The average molecular weight is 283 g/mol. The smallest absolute Gasteiger partial charge is 0.224 e. The largest absolute Gasteiger partial charge is 0.494 e. The second-order valence-electron chi connectivity index (χ2n) is 4.95. The van der Waals surface area contributed by atoms with Gasteiger partial charge in [-0.2, -0.15) is 0 Å². The van der Waals surface area contributed by atoms with E-state index in [1.807, 2.05) is 68.4 Å². The summed E-state index contributed by atoms with van der Waals surface area (Å²) in [7, 11) is 0. The van der Waals surface area contributed by atoms with Crippen molar-refractivity contribution in [2.24, 2.45) is 0 Å². The number of amides is 1. The van der Waals surface area contributed by atoms with E-state index in [1.54, 1.807) is 0 Å². The molecule has 0 aliphatic rings. The SMILES string of the molecule is CCOc1ccc([C@@H](C)NC(=O)Cc2ccccc2)cc1. The molecule has 0 aliphatic heterocycles. The zero-order valence-corrected chi connectivity index (χ0v) is 12.5. The summed E-state index contributed by atoms with van der Waals surface area (Å²) in [6.07, 6.45) is 0.405. The van der Waals surface area contributed by atoms with E-state index in [0.717, 1.165) is 16.9 Å². The van der Waals surface area contributed by atoms with Crippen LogP contribution in [-0.4, -0.2) is 12.5 Å². The van der Waals surface area contributed by atoms with E-state index >= 15 is 0 Å². The van der Waals surface area contributed by atoms with Crippen molar-refractivity contribution in [3.05, 3.63) is 65.7 Å². The second kappa shape index (κ2) is 7.48.